The van der Waals surface area contributed by atoms with Crippen molar-refractivity contribution in [1.82, 2.24) is 0 Å². The van der Waals surface area contributed by atoms with Gasteiger partial charge in [-0.2, -0.15) is 0 Å². The van der Waals surface area contributed by atoms with E-state index in [0.29, 0.717) is 0 Å². The molecule has 0 radical (unpaired) electrons. The molecule has 0 fully saturated rings. The van der Waals surface area contributed by atoms with Crippen LogP contribution in [0.4, 0.5) is 0 Å². The van der Waals surface area contributed by atoms with Crippen molar-refractivity contribution in [2.24, 2.45) is 11.5 Å². The number of nitrogens with two attached hydrogens (primary N) is 2. The van der Waals surface area contributed by atoms with Crippen LogP contribution in [0.2, 0.25) is 0 Å². The summed E-state index contributed by atoms with van der Waals surface area (Å²) < 4.78 is 135. The van der Waals surface area contributed by atoms with Crippen LogP contribution in [-0.4, -0.2) is 51.9 Å². The molecule has 4 aromatic carbocycles. The molecule has 0 amide bonds. The summed E-state index contributed by atoms with van der Waals surface area (Å²) in [6.45, 7) is 0. The van der Waals surface area contributed by atoms with Gasteiger partial charge in [-0.1, -0.05) is 72.8 Å². The van der Waals surface area contributed by atoms with Crippen molar-refractivity contribution < 1.29 is 170 Å². The Balaban J connectivity index is 0. The van der Waals surface area contributed by atoms with Crippen LogP contribution in [0.15, 0.2) is 117 Å². The van der Waals surface area contributed by atoms with Gasteiger partial charge >= 0.3 is 118 Å². The van der Waals surface area contributed by atoms with Gasteiger partial charge < -0.3 is 29.7 Å². The molecule has 0 saturated carbocycles. The van der Waals surface area contributed by atoms with Gasteiger partial charge in [-0.15, -0.1) is 0 Å². The molecule has 244 valence electrons. The molecule has 22 heteroatoms. The van der Waals surface area contributed by atoms with Crippen molar-refractivity contribution in [2.45, 2.75) is 19.6 Å². The van der Waals surface area contributed by atoms with Gasteiger partial charge in [0.05, 0.1) is 19.6 Å². The SMILES string of the molecule is NC(=Cc1ccccc1S(=O)(=O)[O-])c1ccccc1S(=O)(=O)[O-].NC(=Cc1ccccc1S(=O)(=O)[O-])c1ccccc1S(=O)(=O)[O-].[Na+].[Na+].[Na+].[Na+]. The fourth-order valence-electron chi connectivity index (χ4n) is 3.99. The van der Waals surface area contributed by atoms with Crippen molar-refractivity contribution in [2.75, 3.05) is 0 Å². The molecule has 0 heterocycles. The smallest absolute Gasteiger partial charge is 0.744 e. The Kier molecular flexibility index (Phi) is 22.2. The molecule has 0 aromatic heterocycles. The van der Waals surface area contributed by atoms with E-state index < -0.39 is 60.1 Å². The molecule has 4 N–H and O–H groups in total. The van der Waals surface area contributed by atoms with Gasteiger partial charge in [0.1, 0.15) is 40.5 Å². The van der Waals surface area contributed by atoms with Gasteiger partial charge in [0.15, 0.2) is 0 Å². The van der Waals surface area contributed by atoms with Crippen molar-refractivity contribution >= 4 is 64.0 Å². The first-order valence-corrected chi connectivity index (χ1v) is 18.0. The Bertz CT molecular complexity index is 2140. The van der Waals surface area contributed by atoms with Crippen LogP contribution in [0.5, 0.6) is 0 Å². The van der Waals surface area contributed by atoms with Crippen LogP contribution in [-0.2, 0) is 40.5 Å². The summed E-state index contributed by atoms with van der Waals surface area (Å²) in [6.07, 6.45) is 2.27. The zero-order valence-electron chi connectivity index (χ0n) is 27.1. The van der Waals surface area contributed by atoms with Crippen LogP contribution >= 0.6 is 0 Å². The molecule has 14 nitrogen and oxygen atoms in total. The van der Waals surface area contributed by atoms with E-state index >= 15 is 0 Å². The van der Waals surface area contributed by atoms with Crippen molar-refractivity contribution in [1.29, 1.82) is 0 Å². The molecule has 4 rings (SSSR count). The standard InChI is InChI=1S/2C14H13NO6S2.4Na/c2*15-12(11-6-2-4-8-14(11)23(19,20)21)9-10-5-1-3-7-13(10)22(16,17)18;;;;/h2*1-9H,15H2,(H,16,17,18)(H,19,20,21);;;;/q;;4*+1/p-4. The molecule has 50 heavy (non-hydrogen) atoms. The van der Waals surface area contributed by atoms with E-state index in [4.69, 9.17) is 11.5 Å². The van der Waals surface area contributed by atoms with Crippen LogP contribution < -0.4 is 130 Å². The third-order valence-electron chi connectivity index (χ3n) is 5.93. The van der Waals surface area contributed by atoms with E-state index in [2.05, 4.69) is 0 Å². The van der Waals surface area contributed by atoms with Crippen LogP contribution in [0.3, 0.4) is 0 Å². The molecule has 0 aliphatic heterocycles. The minimum atomic E-state index is -4.76. The number of hydrogen-bond acceptors (Lipinski definition) is 14. The van der Waals surface area contributed by atoms with Crippen LogP contribution in [0.25, 0.3) is 23.5 Å². The first-order chi connectivity index (χ1) is 21.2. The van der Waals surface area contributed by atoms with Crippen LogP contribution in [0, 0.1) is 0 Å². The van der Waals surface area contributed by atoms with E-state index in [9.17, 15) is 51.9 Å². The fraction of sp³-hybridized carbons (Fsp3) is 0. The molecular weight excluding hydrogens is 777 g/mol. The molecule has 4 aromatic rings. The summed E-state index contributed by atoms with van der Waals surface area (Å²) in [6, 6.07) is 21.1. The second-order valence-corrected chi connectivity index (χ2v) is 14.5. The van der Waals surface area contributed by atoms with E-state index in [1.165, 1.54) is 72.8 Å². The summed E-state index contributed by atoms with van der Waals surface area (Å²) in [5, 5.41) is 0. The summed E-state index contributed by atoms with van der Waals surface area (Å²) in [5.41, 5.74) is 11.1. The van der Waals surface area contributed by atoms with Gasteiger partial charge in [0.2, 0.25) is 0 Å². The van der Waals surface area contributed by atoms with Gasteiger partial charge in [0, 0.05) is 22.5 Å². The molecule has 0 unspecified atom stereocenters. The third kappa shape index (κ3) is 14.8. The Labute approximate surface area is 379 Å². The quantitative estimate of drug-likeness (QED) is 0.0952. The van der Waals surface area contributed by atoms with Gasteiger partial charge in [0.25, 0.3) is 0 Å². The first-order valence-electron chi connectivity index (χ1n) is 12.4. The van der Waals surface area contributed by atoms with Crippen molar-refractivity contribution in [3.8, 4) is 0 Å². The zero-order valence-corrected chi connectivity index (χ0v) is 38.3. The average Bonchev–Trinajstić information content (AvgIpc) is 2.96. The van der Waals surface area contributed by atoms with Crippen molar-refractivity contribution in [3.05, 3.63) is 119 Å². The summed E-state index contributed by atoms with van der Waals surface area (Å²) in [7, 11) is -19.0. The van der Waals surface area contributed by atoms with E-state index in [1.54, 1.807) is 0 Å². The second-order valence-electron chi connectivity index (χ2n) is 9.08. The molecule has 0 aliphatic rings. The number of benzene rings is 4. The van der Waals surface area contributed by atoms with Crippen molar-refractivity contribution in [3.63, 3.8) is 0 Å². The summed E-state index contributed by atoms with van der Waals surface area (Å²) in [5.74, 6) is 0. The average molecular weight is 799 g/mol. The Morgan fingerprint density at radius 2 is 0.620 bits per heavy atom. The zero-order chi connectivity index (χ0) is 34.5. The van der Waals surface area contributed by atoms with E-state index in [0.717, 1.165) is 36.4 Å². The molecule has 0 bridgehead atoms. The normalized spacial score (nSPS) is 12.0. The van der Waals surface area contributed by atoms with Crippen LogP contribution in [0.1, 0.15) is 22.3 Å². The largest absolute Gasteiger partial charge is 1.00 e. The van der Waals surface area contributed by atoms with E-state index in [-0.39, 0.29) is 152 Å². The third-order valence-corrected chi connectivity index (χ3v) is 9.54. The van der Waals surface area contributed by atoms with Gasteiger partial charge in [-0.25, -0.2) is 33.7 Å². The minimum Gasteiger partial charge on any atom is -0.744 e. The Morgan fingerprint density at radius 1 is 0.400 bits per heavy atom. The molecular formula is C28H22N2Na4O12S4. The van der Waals surface area contributed by atoms with Gasteiger partial charge in [-0.05, 0) is 47.5 Å². The topological polar surface area (TPSA) is 281 Å². The predicted octanol–water partition coefficient (Wildman–Crippen LogP) is -10.1. The number of hydrogen-bond donors (Lipinski definition) is 2. The summed E-state index contributed by atoms with van der Waals surface area (Å²) in [4.78, 5) is -2.05. The van der Waals surface area contributed by atoms with E-state index in [1.807, 2.05) is 0 Å². The maximum Gasteiger partial charge on any atom is 1.00 e. The number of rotatable bonds is 8. The maximum absolute atomic E-state index is 11.3. The minimum absolute atomic E-state index is 0. The second kappa shape index (κ2) is 21.5. The van der Waals surface area contributed by atoms with Gasteiger partial charge in [-0.3, -0.25) is 0 Å². The first kappa shape index (κ1) is 51.7. The maximum atomic E-state index is 11.3. The molecule has 0 atom stereocenters. The fourth-order valence-corrected chi connectivity index (χ4v) is 6.71. The Morgan fingerprint density at radius 3 is 0.880 bits per heavy atom. The molecule has 0 aliphatic carbocycles. The Hall–Kier alpha value is -0.400. The summed E-state index contributed by atoms with van der Waals surface area (Å²) >= 11 is 0. The molecule has 0 saturated heterocycles. The monoisotopic (exact) mass is 798 g/mol. The molecule has 0 spiro atoms. The predicted molar refractivity (Wildman–Crippen MR) is 162 cm³/mol.